The molecular weight excluding hydrogens is 454 g/mol. The van der Waals surface area contributed by atoms with Gasteiger partial charge in [0.2, 0.25) is 5.91 Å². The SMILES string of the molecule is CCOC(=O)c1c(NC(=O)CSc2cc(-c3ccccc3)nc(C)n2)sc2c1CC[C@H](C)C2. The summed E-state index contributed by atoms with van der Waals surface area (Å²) in [5.41, 5.74) is 3.41. The van der Waals surface area contributed by atoms with E-state index in [1.807, 2.05) is 43.3 Å². The van der Waals surface area contributed by atoms with Crippen molar-refractivity contribution in [2.24, 2.45) is 5.92 Å². The number of thiophene rings is 1. The molecule has 0 aliphatic heterocycles. The number of esters is 1. The second-order valence-corrected chi connectivity index (χ2v) is 10.2. The number of hydrogen-bond donors (Lipinski definition) is 1. The number of aryl methyl sites for hydroxylation is 1. The summed E-state index contributed by atoms with van der Waals surface area (Å²) in [6, 6.07) is 11.8. The van der Waals surface area contributed by atoms with Crippen LogP contribution in [0.3, 0.4) is 0 Å². The summed E-state index contributed by atoms with van der Waals surface area (Å²) in [6.07, 6.45) is 2.81. The number of hydrogen-bond acceptors (Lipinski definition) is 7. The summed E-state index contributed by atoms with van der Waals surface area (Å²) in [7, 11) is 0. The maximum Gasteiger partial charge on any atom is 0.341 e. The van der Waals surface area contributed by atoms with Crippen molar-refractivity contribution in [3.05, 3.63) is 58.2 Å². The fourth-order valence-electron chi connectivity index (χ4n) is 3.93. The number of nitrogens with zero attached hydrogens (tertiary/aromatic N) is 2. The molecule has 1 aromatic carbocycles. The second-order valence-electron chi connectivity index (χ2n) is 8.12. The normalized spacial score (nSPS) is 15.1. The van der Waals surface area contributed by atoms with Gasteiger partial charge >= 0.3 is 5.97 Å². The Morgan fingerprint density at radius 1 is 1.24 bits per heavy atom. The molecule has 8 heteroatoms. The van der Waals surface area contributed by atoms with Gasteiger partial charge in [0, 0.05) is 10.4 Å². The molecule has 2 heterocycles. The highest BCUT2D eigenvalue weighted by Gasteiger charge is 2.29. The number of fused-ring (bicyclic) bond motifs is 1. The molecule has 1 aliphatic rings. The van der Waals surface area contributed by atoms with Crippen molar-refractivity contribution in [3.8, 4) is 11.3 Å². The molecule has 33 heavy (non-hydrogen) atoms. The van der Waals surface area contributed by atoms with Crippen LogP contribution in [0.4, 0.5) is 5.00 Å². The first-order chi connectivity index (χ1) is 15.9. The number of nitrogens with one attached hydrogen (secondary N) is 1. The summed E-state index contributed by atoms with van der Waals surface area (Å²) in [5.74, 6) is 0.890. The van der Waals surface area contributed by atoms with E-state index >= 15 is 0 Å². The van der Waals surface area contributed by atoms with Crippen LogP contribution >= 0.6 is 23.1 Å². The van der Waals surface area contributed by atoms with Crippen LogP contribution in [-0.2, 0) is 22.4 Å². The van der Waals surface area contributed by atoms with E-state index in [1.165, 1.54) is 28.0 Å². The van der Waals surface area contributed by atoms with Gasteiger partial charge in [-0.25, -0.2) is 14.8 Å². The maximum absolute atomic E-state index is 12.8. The first-order valence-corrected chi connectivity index (χ1v) is 12.9. The van der Waals surface area contributed by atoms with Gasteiger partial charge in [0.15, 0.2) is 0 Å². The Kier molecular flexibility index (Phi) is 7.45. The number of carbonyl (C=O) groups is 2. The van der Waals surface area contributed by atoms with Crippen molar-refractivity contribution in [1.82, 2.24) is 9.97 Å². The summed E-state index contributed by atoms with van der Waals surface area (Å²) in [4.78, 5) is 35.6. The van der Waals surface area contributed by atoms with Crippen LogP contribution in [0.25, 0.3) is 11.3 Å². The molecule has 0 saturated heterocycles. The van der Waals surface area contributed by atoms with Gasteiger partial charge in [-0.15, -0.1) is 11.3 Å². The predicted molar refractivity (Wildman–Crippen MR) is 133 cm³/mol. The summed E-state index contributed by atoms with van der Waals surface area (Å²) in [6.45, 7) is 6.16. The molecular formula is C25H27N3O3S2. The number of ether oxygens (including phenoxy) is 1. The van der Waals surface area contributed by atoms with Crippen LogP contribution in [0.2, 0.25) is 0 Å². The number of benzene rings is 1. The van der Waals surface area contributed by atoms with Crippen LogP contribution in [0, 0.1) is 12.8 Å². The predicted octanol–water partition coefficient (Wildman–Crippen LogP) is 5.55. The van der Waals surface area contributed by atoms with Gasteiger partial charge in [-0.05, 0) is 50.7 Å². The lowest BCUT2D eigenvalue weighted by molar-refractivity contribution is -0.113. The van der Waals surface area contributed by atoms with E-state index in [0.717, 1.165) is 41.1 Å². The largest absolute Gasteiger partial charge is 0.462 e. The number of aromatic nitrogens is 2. The number of anilines is 1. The fourth-order valence-corrected chi connectivity index (χ4v) is 6.09. The van der Waals surface area contributed by atoms with Crippen LogP contribution in [0.1, 0.15) is 46.9 Å². The third-order valence-corrected chi connectivity index (χ3v) is 7.56. The van der Waals surface area contributed by atoms with Gasteiger partial charge < -0.3 is 10.1 Å². The van der Waals surface area contributed by atoms with E-state index in [-0.39, 0.29) is 17.6 Å². The van der Waals surface area contributed by atoms with Gasteiger partial charge in [0.1, 0.15) is 15.9 Å². The molecule has 0 radical (unpaired) electrons. The highest BCUT2D eigenvalue weighted by Crippen LogP contribution is 2.40. The minimum atomic E-state index is -0.355. The van der Waals surface area contributed by atoms with Gasteiger partial charge in [-0.1, -0.05) is 49.0 Å². The lowest BCUT2D eigenvalue weighted by atomic mass is 9.88. The van der Waals surface area contributed by atoms with Gasteiger partial charge in [0.25, 0.3) is 0 Å². The second kappa shape index (κ2) is 10.5. The lowest BCUT2D eigenvalue weighted by Gasteiger charge is -2.18. The van der Waals surface area contributed by atoms with E-state index in [0.29, 0.717) is 28.9 Å². The molecule has 0 saturated carbocycles. The third-order valence-electron chi connectivity index (χ3n) is 5.48. The summed E-state index contributed by atoms with van der Waals surface area (Å²) < 4.78 is 5.29. The molecule has 2 aromatic heterocycles. The highest BCUT2D eigenvalue weighted by molar-refractivity contribution is 7.99. The van der Waals surface area contributed by atoms with Crippen molar-refractivity contribution in [2.45, 2.75) is 45.1 Å². The fraction of sp³-hybridized carbons (Fsp3) is 0.360. The van der Waals surface area contributed by atoms with Crippen LogP contribution in [-0.4, -0.2) is 34.2 Å². The number of rotatable bonds is 7. The Hall–Kier alpha value is -2.71. The average Bonchev–Trinajstić information content (AvgIpc) is 3.15. The number of carbonyl (C=O) groups excluding carboxylic acids is 2. The molecule has 4 rings (SSSR count). The van der Waals surface area contributed by atoms with E-state index in [2.05, 4.69) is 22.2 Å². The quantitative estimate of drug-likeness (QED) is 0.271. The van der Waals surface area contributed by atoms with Crippen molar-refractivity contribution in [3.63, 3.8) is 0 Å². The van der Waals surface area contributed by atoms with Crippen LogP contribution in [0.5, 0.6) is 0 Å². The van der Waals surface area contributed by atoms with Crippen LogP contribution < -0.4 is 5.32 Å². The van der Waals surface area contributed by atoms with E-state index in [9.17, 15) is 9.59 Å². The van der Waals surface area contributed by atoms with Crippen molar-refractivity contribution < 1.29 is 14.3 Å². The molecule has 172 valence electrons. The lowest BCUT2D eigenvalue weighted by Crippen LogP contribution is -2.17. The monoisotopic (exact) mass is 481 g/mol. The standard InChI is InChI=1S/C25H27N3O3S2/c1-4-31-25(30)23-18-11-10-15(2)12-20(18)33-24(23)28-21(29)14-32-22-13-19(26-16(3)27-22)17-8-6-5-7-9-17/h5-9,13,15H,4,10-12,14H2,1-3H3,(H,28,29)/t15-/m0/s1. The van der Waals surface area contributed by atoms with Gasteiger partial charge in [0.05, 0.1) is 23.6 Å². The highest BCUT2D eigenvalue weighted by atomic mass is 32.2. The first-order valence-electron chi connectivity index (χ1n) is 11.1. The van der Waals surface area contributed by atoms with Crippen molar-refractivity contribution in [2.75, 3.05) is 17.7 Å². The van der Waals surface area contributed by atoms with Crippen molar-refractivity contribution in [1.29, 1.82) is 0 Å². The zero-order valence-corrected chi connectivity index (χ0v) is 20.6. The smallest absolute Gasteiger partial charge is 0.341 e. The van der Waals surface area contributed by atoms with Crippen molar-refractivity contribution >= 4 is 40.0 Å². The minimum absolute atomic E-state index is 0.172. The maximum atomic E-state index is 12.8. The molecule has 3 aromatic rings. The zero-order valence-electron chi connectivity index (χ0n) is 19.0. The molecule has 0 spiro atoms. The first kappa shape index (κ1) is 23.4. The van der Waals surface area contributed by atoms with E-state index < -0.39 is 0 Å². The topological polar surface area (TPSA) is 81.2 Å². The summed E-state index contributed by atoms with van der Waals surface area (Å²) in [5, 5.41) is 4.30. The minimum Gasteiger partial charge on any atom is -0.462 e. The van der Waals surface area contributed by atoms with E-state index in [4.69, 9.17) is 4.74 Å². The third kappa shape index (κ3) is 5.62. The Balaban J connectivity index is 1.49. The number of amides is 1. The van der Waals surface area contributed by atoms with Gasteiger partial charge in [-0.2, -0.15) is 0 Å². The molecule has 1 amide bonds. The Labute approximate surface area is 202 Å². The van der Waals surface area contributed by atoms with Crippen LogP contribution in [0.15, 0.2) is 41.4 Å². The van der Waals surface area contributed by atoms with Gasteiger partial charge in [-0.3, -0.25) is 4.79 Å². The molecule has 1 aliphatic carbocycles. The molecule has 0 bridgehead atoms. The average molecular weight is 482 g/mol. The Bertz CT molecular complexity index is 1160. The molecule has 0 fully saturated rings. The molecule has 0 unspecified atom stereocenters. The zero-order chi connectivity index (χ0) is 23.4. The Morgan fingerprint density at radius 2 is 2.03 bits per heavy atom. The van der Waals surface area contributed by atoms with E-state index in [1.54, 1.807) is 6.92 Å². The molecule has 1 N–H and O–H groups in total. The Morgan fingerprint density at radius 3 is 2.79 bits per heavy atom. The number of thioether (sulfide) groups is 1. The molecule has 1 atom stereocenters. The molecule has 6 nitrogen and oxygen atoms in total. The summed E-state index contributed by atoms with van der Waals surface area (Å²) >= 11 is 2.86.